The molecule has 0 aliphatic heterocycles. The topological polar surface area (TPSA) is 47.6 Å². The van der Waals surface area contributed by atoms with Crippen molar-refractivity contribution in [1.29, 1.82) is 0 Å². The molecule has 0 aliphatic carbocycles. The van der Waals surface area contributed by atoms with Crippen molar-refractivity contribution in [1.82, 2.24) is 0 Å². The van der Waals surface area contributed by atoms with Gasteiger partial charge in [0.2, 0.25) is 0 Å². The number of rotatable bonds is 6. The Balaban J connectivity index is 2.99. The molecule has 1 N–H and O–H groups in total. The van der Waals surface area contributed by atoms with E-state index >= 15 is 0 Å². The number of hydrogen-bond acceptors (Lipinski definition) is 4. The molecule has 0 saturated carbocycles. The largest absolute Gasteiger partial charge is 0.467 e. The zero-order chi connectivity index (χ0) is 15.4. The molecule has 0 saturated heterocycles. The summed E-state index contributed by atoms with van der Waals surface area (Å²) in [6.45, 7) is 5.52. The van der Waals surface area contributed by atoms with E-state index < -0.39 is 17.1 Å². The second kappa shape index (κ2) is 6.22. The maximum Gasteiger partial charge on any atom is 0.331 e. The zero-order valence-electron chi connectivity index (χ0n) is 12.6. The minimum absolute atomic E-state index is 0.326. The SMILES string of the molecule is COC(=O)C(C)(CC(C)(C)OC)Nc1ccc(F)cc1. The third-order valence-electron chi connectivity index (χ3n) is 3.23. The van der Waals surface area contributed by atoms with Gasteiger partial charge < -0.3 is 14.8 Å². The predicted molar refractivity (Wildman–Crippen MR) is 76.1 cm³/mol. The van der Waals surface area contributed by atoms with E-state index in [1.807, 2.05) is 13.8 Å². The molecule has 0 aliphatic rings. The Kier molecular flexibility index (Phi) is 5.11. The van der Waals surface area contributed by atoms with Gasteiger partial charge in [0.15, 0.2) is 0 Å². The third-order valence-corrected chi connectivity index (χ3v) is 3.23. The second-order valence-electron chi connectivity index (χ2n) is 5.60. The summed E-state index contributed by atoms with van der Waals surface area (Å²) in [6.07, 6.45) is 0.403. The van der Waals surface area contributed by atoms with Gasteiger partial charge in [0.05, 0.1) is 12.7 Å². The smallest absolute Gasteiger partial charge is 0.331 e. The van der Waals surface area contributed by atoms with E-state index in [1.165, 1.54) is 19.2 Å². The van der Waals surface area contributed by atoms with Crippen molar-refractivity contribution in [2.45, 2.75) is 38.3 Å². The lowest BCUT2D eigenvalue weighted by atomic mass is 9.87. The zero-order valence-corrected chi connectivity index (χ0v) is 12.6. The number of ether oxygens (including phenoxy) is 2. The Morgan fingerprint density at radius 3 is 2.20 bits per heavy atom. The molecule has 0 fully saturated rings. The highest BCUT2D eigenvalue weighted by molar-refractivity contribution is 5.84. The van der Waals surface area contributed by atoms with Crippen molar-refractivity contribution in [3.63, 3.8) is 0 Å². The summed E-state index contributed by atoms with van der Waals surface area (Å²) in [4.78, 5) is 12.1. The van der Waals surface area contributed by atoms with E-state index in [1.54, 1.807) is 26.2 Å². The number of carbonyl (C=O) groups is 1. The number of nitrogens with one attached hydrogen (secondary N) is 1. The van der Waals surface area contributed by atoms with Crippen LogP contribution in [-0.4, -0.2) is 31.3 Å². The molecule has 0 bridgehead atoms. The number of methoxy groups -OCH3 is 2. The van der Waals surface area contributed by atoms with Crippen molar-refractivity contribution in [2.75, 3.05) is 19.5 Å². The first-order valence-corrected chi connectivity index (χ1v) is 6.40. The van der Waals surface area contributed by atoms with Gasteiger partial charge in [-0.1, -0.05) is 0 Å². The van der Waals surface area contributed by atoms with Crippen LogP contribution in [0, 0.1) is 5.82 Å². The maximum absolute atomic E-state index is 12.9. The standard InChI is InChI=1S/C15H22FNO3/c1-14(2,20-5)10-15(3,13(18)19-4)17-12-8-6-11(16)7-9-12/h6-9,17H,10H2,1-5H3. The van der Waals surface area contributed by atoms with E-state index in [0.29, 0.717) is 12.1 Å². The van der Waals surface area contributed by atoms with Crippen molar-refractivity contribution in [3.05, 3.63) is 30.1 Å². The Hall–Kier alpha value is -1.62. The van der Waals surface area contributed by atoms with Gasteiger partial charge in [-0.3, -0.25) is 0 Å². The fraction of sp³-hybridized carbons (Fsp3) is 0.533. The highest BCUT2D eigenvalue weighted by atomic mass is 19.1. The van der Waals surface area contributed by atoms with Crippen LogP contribution >= 0.6 is 0 Å². The Bertz CT molecular complexity index is 459. The fourth-order valence-corrected chi connectivity index (χ4v) is 2.17. The molecule has 0 radical (unpaired) electrons. The molecule has 1 atom stereocenters. The van der Waals surface area contributed by atoms with Gasteiger partial charge in [0, 0.05) is 19.2 Å². The van der Waals surface area contributed by atoms with Crippen LogP contribution < -0.4 is 5.32 Å². The Labute approximate surface area is 119 Å². The van der Waals surface area contributed by atoms with Gasteiger partial charge in [-0.25, -0.2) is 9.18 Å². The first-order valence-electron chi connectivity index (χ1n) is 6.40. The Morgan fingerprint density at radius 1 is 1.20 bits per heavy atom. The van der Waals surface area contributed by atoms with E-state index in [0.717, 1.165) is 0 Å². The van der Waals surface area contributed by atoms with Gasteiger partial charge >= 0.3 is 5.97 Å². The number of benzene rings is 1. The molecule has 0 heterocycles. The minimum atomic E-state index is -0.966. The minimum Gasteiger partial charge on any atom is -0.467 e. The molecule has 0 aromatic heterocycles. The summed E-state index contributed by atoms with van der Waals surface area (Å²) >= 11 is 0. The van der Waals surface area contributed by atoms with Crippen LogP contribution in [-0.2, 0) is 14.3 Å². The van der Waals surface area contributed by atoms with Gasteiger partial charge in [0.25, 0.3) is 0 Å². The number of esters is 1. The van der Waals surface area contributed by atoms with Crippen LogP contribution in [0.1, 0.15) is 27.2 Å². The molecular formula is C15H22FNO3. The molecule has 112 valence electrons. The number of hydrogen-bond donors (Lipinski definition) is 1. The summed E-state index contributed by atoms with van der Waals surface area (Å²) in [5, 5.41) is 3.10. The highest BCUT2D eigenvalue weighted by Crippen LogP contribution is 2.28. The van der Waals surface area contributed by atoms with Gasteiger partial charge in [-0.05, 0) is 45.0 Å². The lowest BCUT2D eigenvalue weighted by molar-refractivity contribution is -0.148. The molecule has 1 unspecified atom stereocenters. The normalized spacial score (nSPS) is 14.5. The maximum atomic E-state index is 12.9. The lowest BCUT2D eigenvalue weighted by Crippen LogP contribution is -2.49. The number of carbonyl (C=O) groups excluding carboxylic acids is 1. The van der Waals surface area contributed by atoms with Crippen molar-refractivity contribution >= 4 is 11.7 Å². The van der Waals surface area contributed by atoms with E-state index in [9.17, 15) is 9.18 Å². The average Bonchev–Trinajstić information content (AvgIpc) is 2.40. The van der Waals surface area contributed by atoms with Crippen LogP contribution in [0.2, 0.25) is 0 Å². The molecule has 20 heavy (non-hydrogen) atoms. The third kappa shape index (κ3) is 4.20. The van der Waals surface area contributed by atoms with Crippen LogP contribution in [0.4, 0.5) is 10.1 Å². The first-order chi connectivity index (χ1) is 9.22. The summed E-state index contributed by atoms with van der Waals surface area (Å²) in [5.41, 5.74) is -0.826. The summed E-state index contributed by atoms with van der Waals surface area (Å²) in [6, 6.07) is 5.83. The average molecular weight is 283 g/mol. The van der Waals surface area contributed by atoms with E-state index in [4.69, 9.17) is 9.47 Å². The summed E-state index contributed by atoms with van der Waals surface area (Å²) < 4.78 is 23.2. The van der Waals surface area contributed by atoms with Crippen molar-refractivity contribution < 1.29 is 18.7 Å². The highest BCUT2D eigenvalue weighted by Gasteiger charge is 2.40. The van der Waals surface area contributed by atoms with Crippen LogP contribution in [0.15, 0.2) is 24.3 Å². The summed E-state index contributed by atoms with van der Waals surface area (Å²) in [7, 11) is 2.93. The molecular weight excluding hydrogens is 261 g/mol. The molecule has 5 heteroatoms. The number of anilines is 1. The molecule has 1 aromatic rings. The molecule has 0 spiro atoms. The molecule has 1 aromatic carbocycles. The summed E-state index contributed by atoms with van der Waals surface area (Å²) in [5.74, 6) is -0.723. The second-order valence-corrected chi connectivity index (χ2v) is 5.60. The Morgan fingerprint density at radius 2 is 1.75 bits per heavy atom. The van der Waals surface area contributed by atoms with Crippen molar-refractivity contribution in [2.24, 2.45) is 0 Å². The lowest BCUT2D eigenvalue weighted by Gasteiger charge is -2.35. The molecule has 0 amide bonds. The molecule has 1 rings (SSSR count). The van der Waals surface area contributed by atoms with Crippen LogP contribution in [0.3, 0.4) is 0 Å². The van der Waals surface area contributed by atoms with Crippen molar-refractivity contribution in [3.8, 4) is 0 Å². The predicted octanol–water partition coefficient (Wildman–Crippen LogP) is 2.98. The first kappa shape index (κ1) is 16.4. The van der Waals surface area contributed by atoms with Gasteiger partial charge in [-0.15, -0.1) is 0 Å². The number of halogens is 1. The van der Waals surface area contributed by atoms with Crippen LogP contribution in [0.25, 0.3) is 0 Å². The van der Waals surface area contributed by atoms with Gasteiger partial charge in [-0.2, -0.15) is 0 Å². The van der Waals surface area contributed by atoms with E-state index in [-0.39, 0.29) is 5.82 Å². The molecule has 4 nitrogen and oxygen atoms in total. The van der Waals surface area contributed by atoms with Gasteiger partial charge in [0.1, 0.15) is 11.4 Å². The van der Waals surface area contributed by atoms with Crippen LogP contribution in [0.5, 0.6) is 0 Å². The fourth-order valence-electron chi connectivity index (χ4n) is 2.17. The van der Waals surface area contributed by atoms with E-state index in [2.05, 4.69) is 5.32 Å². The monoisotopic (exact) mass is 283 g/mol. The quantitative estimate of drug-likeness (QED) is 0.815.